The maximum Gasteiger partial charge on any atom is 0.338 e. The summed E-state index contributed by atoms with van der Waals surface area (Å²) in [7, 11) is -7.50. The number of carbonyl (C=O) groups is 2. The van der Waals surface area contributed by atoms with Gasteiger partial charge in [0.05, 0.1) is 15.4 Å². The number of amides is 1. The Morgan fingerprint density at radius 3 is 2.07 bits per heavy atom. The van der Waals surface area contributed by atoms with Gasteiger partial charge in [-0.15, -0.1) is 0 Å². The van der Waals surface area contributed by atoms with Gasteiger partial charge < -0.3 is 19.5 Å². The minimum absolute atomic E-state index is 0.0147. The molecule has 0 spiro atoms. The van der Waals surface area contributed by atoms with E-state index in [0.717, 1.165) is 12.8 Å². The molecule has 1 fully saturated rings. The van der Waals surface area contributed by atoms with E-state index in [-0.39, 0.29) is 21.0 Å². The predicted molar refractivity (Wildman–Crippen MR) is 148 cm³/mol. The smallest absolute Gasteiger partial charge is 0.338 e. The fourth-order valence-corrected chi connectivity index (χ4v) is 6.87. The van der Waals surface area contributed by atoms with Gasteiger partial charge in [0.1, 0.15) is 13.2 Å². The third-order valence-electron chi connectivity index (χ3n) is 6.37. The standard InChI is InChI=1S/C27H27N3O9S2/c31-26(28-20-7-9-22(10-8-20)41(35,36)30-13-1-2-14-30)18-39-27(32)19-3-5-21(6-4-19)29-40(33,34)23-11-12-24-25(17-23)38-16-15-37-24/h3-12,17,29H,1-2,13-16,18H2,(H,28,31). The molecule has 1 saturated heterocycles. The summed E-state index contributed by atoms with van der Waals surface area (Å²) in [6.07, 6.45) is 1.66. The maximum absolute atomic E-state index is 12.8. The molecule has 0 aromatic heterocycles. The van der Waals surface area contributed by atoms with Crippen molar-refractivity contribution in [1.82, 2.24) is 4.31 Å². The number of carbonyl (C=O) groups excluding carboxylic acids is 2. The minimum atomic E-state index is -3.94. The van der Waals surface area contributed by atoms with Gasteiger partial charge in [-0.2, -0.15) is 4.31 Å². The van der Waals surface area contributed by atoms with Crippen LogP contribution in [0.1, 0.15) is 23.2 Å². The lowest BCUT2D eigenvalue weighted by Gasteiger charge is -2.19. The monoisotopic (exact) mass is 601 g/mol. The molecule has 0 radical (unpaired) electrons. The van der Waals surface area contributed by atoms with Crippen LogP contribution in [0.15, 0.2) is 76.5 Å². The molecule has 14 heteroatoms. The molecule has 2 aliphatic rings. The predicted octanol–water partition coefficient (Wildman–Crippen LogP) is 2.84. The van der Waals surface area contributed by atoms with E-state index in [1.54, 1.807) is 0 Å². The number of hydrogen-bond acceptors (Lipinski definition) is 9. The Bertz CT molecular complexity index is 1650. The number of benzene rings is 3. The Balaban J connectivity index is 1.12. The van der Waals surface area contributed by atoms with Crippen molar-refractivity contribution < 1.29 is 40.6 Å². The zero-order chi connectivity index (χ0) is 29.0. The fraction of sp³-hybridized carbons (Fsp3) is 0.259. The lowest BCUT2D eigenvalue weighted by molar-refractivity contribution is -0.119. The highest BCUT2D eigenvalue weighted by atomic mass is 32.2. The van der Waals surface area contributed by atoms with Crippen LogP contribution in [0.3, 0.4) is 0 Å². The van der Waals surface area contributed by atoms with E-state index in [1.165, 1.54) is 71.0 Å². The molecule has 216 valence electrons. The van der Waals surface area contributed by atoms with Gasteiger partial charge in [-0.1, -0.05) is 0 Å². The first kappa shape index (κ1) is 28.4. The minimum Gasteiger partial charge on any atom is -0.486 e. The van der Waals surface area contributed by atoms with Crippen molar-refractivity contribution >= 4 is 43.3 Å². The number of sulfonamides is 2. The van der Waals surface area contributed by atoms with Gasteiger partial charge in [0.25, 0.3) is 15.9 Å². The number of ether oxygens (including phenoxy) is 3. The maximum atomic E-state index is 12.8. The Kier molecular flexibility index (Phi) is 8.15. The molecule has 5 rings (SSSR count). The van der Waals surface area contributed by atoms with Crippen molar-refractivity contribution in [3.8, 4) is 11.5 Å². The summed E-state index contributed by atoms with van der Waals surface area (Å²) < 4.78 is 70.6. The first-order chi connectivity index (χ1) is 19.6. The molecule has 2 aliphatic heterocycles. The highest BCUT2D eigenvalue weighted by Gasteiger charge is 2.27. The van der Waals surface area contributed by atoms with Gasteiger partial charge in [-0.3, -0.25) is 9.52 Å². The average molecular weight is 602 g/mol. The Morgan fingerprint density at radius 2 is 1.39 bits per heavy atom. The number of esters is 1. The SMILES string of the molecule is O=C(COC(=O)c1ccc(NS(=O)(=O)c2ccc3c(c2)OCCO3)cc1)Nc1ccc(S(=O)(=O)N2CCCC2)cc1. The first-order valence-electron chi connectivity index (χ1n) is 12.7. The molecule has 12 nitrogen and oxygen atoms in total. The molecule has 0 bridgehead atoms. The summed E-state index contributed by atoms with van der Waals surface area (Å²) in [5, 5.41) is 2.55. The lowest BCUT2D eigenvalue weighted by Crippen LogP contribution is -2.27. The number of rotatable bonds is 9. The molecule has 0 saturated carbocycles. The van der Waals surface area contributed by atoms with E-state index in [9.17, 15) is 26.4 Å². The van der Waals surface area contributed by atoms with Crippen LogP contribution in [-0.2, 0) is 29.6 Å². The summed E-state index contributed by atoms with van der Waals surface area (Å²) in [5.41, 5.74) is 0.669. The topological polar surface area (TPSA) is 157 Å². The van der Waals surface area contributed by atoms with Crippen LogP contribution in [0.4, 0.5) is 11.4 Å². The van der Waals surface area contributed by atoms with Crippen LogP contribution in [0.2, 0.25) is 0 Å². The van der Waals surface area contributed by atoms with E-state index < -0.39 is 38.5 Å². The number of hydrogen-bond donors (Lipinski definition) is 2. The van der Waals surface area contributed by atoms with Crippen molar-refractivity contribution in [3.63, 3.8) is 0 Å². The molecule has 41 heavy (non-hydrogen) atoms. The summed E-state index contributed by atoms with van der Waals surface area (Å²) in [4.78, 5) is 24.8. The van der Waals surface area contributed by atoms with Crippen LogP contribution in [0, 0.1) is 0 Å². The molecule has 0 unspecified atom stereocenters. The highest BCUT2D eigenvalue weighted by molar-refractivity contribution is 7.92. The number of nitrogens with one attached hydrogen (secondary N) is 2. The number of nitrogens with zero attached hydrogens (tertiary/aromatic N) is 1. The second kappa shape index (κ2) is 11.8. The molecular formula is C27H27N3O9S2. The third-order valence-corrected chi connectivity index (χ3v) is 9.66. The molecule has 0 aliphatic carbocycles. The van der Waals surface area contributed by atoms with E-state index in [1.807, 2.05) is 0 Å². The van der Waals surface area contributed by atoms with Crippen molar-refractivity contribution in [2.45, 2.75) is 22.6 Å². The van der Waals surface area contributed by atoms with E-state index in [2.05, 4.69) is 10.0 Å². The second-order valence-corrected chi connectivity index (χ2v) is 12.9. The summed E-state index contributed by atoms with van der Waals surface area (Å²) in [5.74, 6) is -0.595. The first-order valence-corrected chi connectivity index (χ1v) is 15.6. The Morgan fingerprint density at radius 1 is 0.780 bits per heavy atom. The third kappa shape index (κ3) is 6.61. The summed E-state index contributed by atoms with van der Waals surface area (Å²) in [6.45, 7) is 1.11. The van der Waals surface area contributed by atoms with Crippen molar-refractivity contribution in [3.05, 3.63) is 72.3 Å². The average Bonchev–Trinajstić information content (AvgIpc) is 3.52. The molecule has 3 aromatic rings. The molecule has 2 heterocycles. The van der Waals surface area contributed by atoms with Crippen LogP contribution in [0.25, 0.3) is 0 Å². The van der Waals surface area contributed by atoms with Crippen molar-refractivity contribution in [1.29, 1.82) is 0 Å². The summed E-state index contributed by atoms with van der Waals surface area (Å²) in [6, 6.07) is 15.6. The van der Waals surface area contributed by atoms with Crippen LogP contribution < -0.4 is 19.5 Å². The largest absolute Gasteiger partial charge is 0.486 e. The number of anilines is 2. The van der Waals surface area contributed by atoms with Crippen LogP contribution in [0.5, 0.6) is 11.5 Å². The van der Waals surface area contributed by atoms with Crippen LogP contribution in [-0.4, -0.2) is 65.9 Å². The zero-order valence-electron chi connectivity index (χ0n) is 21.7. The van der Waals surface area contributed by atoms with E-state index in [0.29, 0.717) is 43.5 Å². The lowest BCUT2D eigenvalue weighted by atomic mass is 10.2. The molecule has 2 N–H and O–H groups in total. The van der Waals surface area contributed by atoms with E-state index in [4.69, 9.17) is 14.2 Å². The molecular weight excluding hydrogens is 574 g/mol. The zero-order valence-corrected chi connectivity index (χ0v) is 23.4. The van der Waals surface area contributed by atoms with Gasteiger partial charge in [0.2, 0.25) is 10.0 Å². The fourth-order valence-electron chi connectivity index (χ4n) is 4.28. The van der Waals surface area contributed by atoms with Crippen molar-refractivity contribution in [2.75, 3.05) is 42.9 Å². The Hall–Kier alpha value is -4.14. The summed E-state index contributed by atoms with van der Waals surface area (Å²) >= 11 is 0. The van der Waals surface area contributed by atoms with Gasteiger partial charge in [-0.25, -0.2) is 21.6 Å². The van der Waals surface area contributed by atoms with Gasteiger partial charge in [-0.05, 0) is 73.5 Å². The van der Waals surface area contributed by atoms with Gasteiger partial charge in [0.15, 0.2) is 18.1 Å². The van der Waals surface area contributed by atoms with Crippen molar-refractivity contribution in [2.24, 2.45) is 0 Å². The second-order valence-electron chi connectivity index (χ2n) is 9.25. The molecule has 0 atom stereocenters. The Labute approximate surface area is 237 Å². The van der Waals surface area contributed by atoms with E-state index >= 15 is 0 Å². The highest BCUT2D eigenvalue weighted by Crippen LogP contribution is 2.32. The number of fused-ring (bicyclic) bond motifs is 1. The van der Waals surface area contributed by atoms with Gasteiger partial charge in [0, 0.05) is 30.5 Å². The molecule has 3 aromatic carbocycles. The normalized spacial score (nSPS) is 15.2. The van der Waals surface area contributed by atoms with Crippen LogP contribution >= 0.6 is 0 Å². The quantitative estimate of drug-likeness (QED) is 0.352. The van der Waals surface area contributed by atoms with Gasteiger partial charge >= 0.3 is 5.97 Å². The molecule has 1 amide bonds.